The van der Waals surface area contributed by atoms with E-state index in [0.29, 0.717) is 12.5 Å². The Morgan fingerprint density at radius 2 is 2.19 bits per heavy atom. The standard InChI is InChI=1S/C17H26N2O2/c1-3-9-19-17(20)8-10-18-15-6-4-13-5-7-16(21-2)12-14(13)11-15/h5,7,12,15,18H,3-4,6,8-11H2,1-2H3,(H,19,20). The lowest BCUT2D eigenvalue weighted by Crippen LogP contribution is -2.37. The molecule has 1 aromatic carbocycles. The maximum Gasteiger partial charge on any atom is 0.221 e. The van der Waals surface area contributed by atoms with Crippen LogP contribution in [0.15, 0.2) is 18.2 Å². The number of carbonyl (C=O) groups excluding carboxylic acids is 1. The van der Waals surface area contributed by atoms with Gasteiger partial charge in [-0.1, -0.05) is 13.0 Å². The number of hydrogen-bond acceptors (Lipinski definition) is 3. The fourth-order valence-corrected chi connectivity index (χ4v) is 2.78. The molecule has 0 aromatic heterocycles. The summed E-state index contributed by atoms with van der Waals surface area (Å²) in [4.78, 5) is 11.6. The van der Waals surface area contributed by atoms with E-state index in [0.717, 1.165) is 44.5 Å². The molecule has 0 bridgehead atoms. The van der Waals surface area contributed by atoms with Gasteiger partial charge in [-0.3, -0.25) is 4.79 Å². The van der Waals surface area contributed by atoms with E-state index in [4.69, 9.17) is 4.74 Å². The molecule has 1 aromatic rings. The predicted molar refractivity (Wildman–Crippen MR) is 84.7 cm³/mol. The molecule has 2 N–H and O–H groups in total. The number of benzene rings is 1. The Kier molecular flexibility index (Phi) is 6.05. The minimum Gasteiger partial charge on any atom is -0.497 e. The second kappa shape index (κ2) is 8.03. The molecule has 0 fully saturated rings. The summed E-state index contributed by atoms with van der Waals surface area (Å²) in [5, 5.41) is 6.41. The number of methoxy groups -OCH3 is 1. The zero-order chi connectivity index (χ0) is 15.1. The summed E-state index contributed by atoms with van der Waals surface area (Å²) in [6.45, 7) is 3.58. The van der Waals surface area contributed by atoms with Gasteiger partial charge in [0.1, 0.15) is 5.75 Å². The molecule has 1 aliphatic rings. The highest BCUT2D eigenvalue weighted by atomic mass is 16.5. The molecule has 0 radical (unpaired) electrons. The first-order valence-electron chi connectivity index (χ1n) is 7.88. The van der Waals surface area contributed by atoms with Gasteiger partial charge >= 0.3 is 0 Å². The molecule has 1 amide bonds. The maximum atomic E-state index is 11.6. The smallest absolute Gasteiger partial charge is 0.221 e. The number of hydrogen-bond donors (Lipinski definition) is 2. The van der Waals surface area contributed by atoms with Crippen LogP contribution in [0.3, 0.4) is 0 Å². The van der Waals surface area contributed by atoms with Crippen LogP contribution in [0.5, 0.6) is 5.75 Å². The second-order valence-corrected chi connectivity index (χ2v) is 5.63. The minimum absolute atomic E-state index is 0.141. The maximum absolute atomic E-state index is 11.6. The summed E-state index contributed by atoms with van der Waals surface area (Å²) in [6, 6.07) is 6.80. The summed E-state index contributed by atoms with van der Waals surface area (Å²) in [6.07, 6.45) is 4.79. The van der Waals surface area contributed by atoms with E-state index in [-0.39, 0.29) is 5.91 Å². The zero-order valence-corrected chi connectivity index (χ0v) is 13.1. The minimum atomic E-state index is 0.141. The number of rotatable bonds is 7. The van der Waals surface area contributed by atoms with Crippen molar-refractivity contribution in [1.82, 2.24) is 10.6 Å². The molecule has 0 saturated heterocycles. The number of nitrogens with one attached hydrogen (secondary N) is 2. The topological polar surface area (TPSA) is 50.4 Å². The molecule has 116 valence electrons. The molecule has 0 aliphatic heterocycles. The van der Waals surface area contributed by atoms with Crippen LogP contribution in [-0.2, 0) is 17.6 Å². The normalized spacial score (nSPS) is 17.1. The van der Waals surface area contributed by atoms with Crippen molar-refractivity contribution >= 4 is 5.91 Å². The van der Waals surface area contributed by atoms with Crippen molar-refractivity contribution in [2.75, 3.05) is 20.2 Å². The lowest BCUT2D eigenvalue weighted by atomic mass is 9.88. The van der Waals surface area contributed by atoms with Crippen molar-refractivity contribution < 1.29 is 9.53 Å². The quantitative estimate of drug-likeness (QED) is 0.808. The summed E-state index contributed by atoms with van der Waals surface area (Å²) in [7, 11) is 1.70. The Balaban J connectivity index is 1.77. The first kappa shape index (κ1) is 15.8. The summed E-state index contributed by atoms with van der Waals surface area (Å²) < 4.78 is 5.29. The third-order valence-electron chi connectivity index (χ3n) is 4.00. The van der Waals surface area contributed by atoms with E-state index in [9.17, 15) is 4.79 Å². The SMILES string of the molecule is CCCNC(=O)CCNC1CCc2ccc(OC)cc2C1. The van der Waals surface area contributed by atoms with Gasteiger partial charge in [0.25, 0.3) is 0 Å². The predicted octanol–water partition coefficient (Wildman–Crippen LogP) is 2.06. The van der Waals surface area contributed by atoms with Gasteiger partial charge in [0.05, 0.1) is 7.11 Å². The lowest BCUT2D eigenvalue weighted by molar-refractivity contribution is -0.121. The Hall–Kier alpha value is -1.55. The van der Waals surface area contributed by atoms with Gasteiger partial charge in [-0.05, 0) is 48.9 Å². The molecule has 4 heteroatoms. The molecule has 1 aliphatic carbocycles. The van der Waals surface area contributed by atoms with Gasteiger partial charge in [0.15, 0.2) is 0 Å². The van der Waals surface area contributed by atoms with E-state index in [2.05, 4.69) is 29.7 Å². The summed E-state index contributed by atoms with van der Waals surface area (Å²) >= 11 is 0. The number of fused-ring (bicyclic) bond motifs is 1. The van der Waals surface area contributed by atoms with Crippen molar-refractivity contribution in [2.24, 2.45) is 0 Å². The third-order valence-corrected chi connectivity index (χ3v) is 4.00. The third kappa shape index (κ3) is 4.74. The fraction of sp³-hybridized carbons (Fsp3) is 0.588. The molecule has 4 nitrogen and oxygen atoms in total. The van der Waals surface area contributed by atoms with Crippen LogP contribution in [0.25, 0.3) is 0 Å². The molecule has 0 saturated carbocycles. The molecule has 21 heavy (non-hydrogen) atoms. The van der Waals surface area contributed by atoms with E-state index >= 15 is 0 Å². The second-order valence-electron chi connectivity index (χ2n) is 5.63. The first-order valence-corrected chi connectivity index (χ1v) is 7.88. The Labute approximate surface area is 127 Å². The molecule has 0 spiro atoms. The summed E-state index contributed by atoms with van der Waals surface area (Å²) in [5.74, 6) is 1.07. The number of aryl methyl sites for hydroxylation is 1. The molecule has 1 atom stereocenters. The highest BCUT2D eigenvalue weighted by Crippen LogP contribution is 2.25. The fourth-order valence-electron chi connectivity index (χ4n) is 2.78. The van der Waals surface area contributed by atoms with E-state index < -0.39 is 0 Å². The van der Waals surface area contributed by atoms with Gasteiger partial charge in [0, 0.05) is 25.6 Å². The van der Waals surface area contributed by atoms with Crippen molar-refractivity contribution in [3.63, 3.8) is 0 Å². The zero-order valence-electron chi connectivity index (χ0n) is 13.1. The molecule has 1 unspecified atom stereocenters. The van der Waals surface area contributed by atoms with Crippen molar-refractivity contribution in [2.45, 2.75) is 45.1 Å². The monoisotopic (exact) mass is 290 g/mol. The highest BCUT2D eigenvalue weighted by molar-refractivity contribution is 5.75. The highest BCUT2D eigenvalue weighted by Gasteiger charge is 2.18. The van der Waals surface area contributed by atoms with Crippen LogP contribution in [0.1, 0.15) is 37.3 Å². The van der Waals surface area contributed by atoms with Gasteiger partial charge in [-0.15, -0.1) is 0 Å². The van der Waals surface area contributed by atoms with Gasteiger partial charge in [-0.25, -0.2) is 0 Å². The van der Waals surface area contributed by atoms with Crippen LogP contribution >= 0.6 is 0 Å². The van der Waals surface area contributed by atoms with Crippen LogP contribution in [0.4, 0.5) is 0 Å². The van der Waals surface area contributed by atoms with Gasteiger partial charge < -0.3 is 15.4 Å². The number of amides is 1. The average Bonchev–Trinajstić information content (AvgIpc) is 2.52. The van der Waals surface area contributed by atoms with Crippen LogP contribution in [-0.4, -0.2) is 32.1 Å². The van der Waals surface area contributed by atoms with Crippen molar-refractivity contribution in [3.05, 3.63) is 29.3 Å². The number of carbonyl (C=O) groups is 1. The van der Waals surface area contributed by atoms with E-state index in [1.807, 2.05) is 6.07 Å². The molecule has 0 heterocycles. The Bertz CT molecular complexity index is 474. The van der Waals surface area contributed by atoms with E-state index in [1.54, 1.807) is 7.11 Å². The van der Waals surface area contributed by atoms with E-state index in [1.165, 1.54) is 11.1 Å². The van der Waals surface area contributed by atoms with Crippen LogP contribution in [0, 0.1) is 0 Å². The summed E-state index contributed by atoms with van der Waals surface area (Å²) in [5.41, 5.74) is 2.79. The number of ether oxygens (including phenoxy) is 1. The van der Waals surface area contributed by atoms with Crippen LogP contribution < -0.4 is 15.4 Å². The van der Waals surface area contributed by atoms with Crippen LogP contribution in [0.2, 0.25) is 0 Å². The van der Waals surface area contributed by atoms with Gasteiger partial charge in [0.2, 0.25) is 5.91 Å². The Morgan fingerprint density at radius 1 is 1.33 bits per heavy atom. The Morgan fingerprint density at radius 3 is 2.95 bits per heavy atom. The van der Waals surface area contributed by atoms with Crippen molar-refractivity contribution in [3.8, 4) is 5.75 Å². The largest absolute Gasteiger partial charge is 0.497 e. The lowest BCUT2D eigenvalue weighted by Gasteiger charge is -2.26. The van der Waals surface area contributed by atoms with Gasteiger partial charge in [-0.2, -0.15) is 0 Å². The average molecular weight is 290 g/mol. The molecule has 2 rings (SSSR count). The molecular weight excluding hydrogens is 264 g/mol. The first-order chi connectivity index (χ1) is 10.2. The van der Waals surface area contributed by atoms with Crippen molar-refractivity contribution in [1.29, 1.82) is 0 Å². The molecular formula is C17H26N2O2.